The van der Waals surface area contributed by atoms with Gasteiger partial charge in [0.25, 0.3) is 5.56 Å². The summed E-state index contributed by atoms with van der Waals surface area (Å²) in [6, 6.07) is 13.0. The van der Waals surface area contributed by atoms with Gasteiger partial charge in [-0.05, 0) is 55.3 Å². The van der Waals surface area contributed by atoms with Crippen molar-refractivity contribution >= 4 is 0 Å². The summed E-state index contributed by atoms with van der Waals surface area (Å²) < 4.78 is 6.80. The molecule has 0 spiro atoms. The van der Waals surface area contributed by atoms with Crippen LogP contribution in [0.4, 0.5) is 0 Å². The van der Waals surface area contributed by atoms with Crippen LogP contribution in [0.25, 0.3) is 28.3 Å². The van der Waals surface area contributed by atoms with Crippen molar-refractivity contribution in [1.29, 1.82) is 0 Å². The molecule has 0 aliphatic rings. The Morgan fingerprint density at radius 1 is 0.933 bits per heavy atom. The van der Waals surface area contributed by atoms with Crippen molar-refractivity contribution in [3.8, 4) is 28.3 Å². The van der Waals surface area contributed by atoms with Gasteiger partial charge in [0.15, 0.2) is 5.82 Å². The summed E-state index contributed by atoms with van der Waals surface area (Å²) in [4.78, 5) is 30.4. The maximum atomic E-state index is 13.2. The smallest absolute Gasteiger partial charge is 0.281 e. The third kappa shape index (κ3) is 4.31. The molecule has 0 radical (unpaired) electrons. The molecular weight excluding hydrogens is 378 g/mol. The van der Waals surface area contributed by atoms with E-state index in [1.807, 2.05) is 24.3 Å². The van der Waals surface area contributed by atoms with Gasteiger partial charge in [-0.3, -0.25) is 14.3 Å². The van der Waals surface area contributed by atoms with Gasteiger partial charge in [-0.15, -0.1) is 0 Å². The Labute approximate surface area is 174 Å². The van der Waals surface area contributed by atoms with Crippen LogP contribution in [0, 0.1) is 0 Å². The summed E-state index contributed by atoms with van der Waals surface area (Å²) >= 11 is 0. The van der Waals surface area contributed by atoms with Gasteiger partial charge in [0, 0.05) is 61.5 Å². The van der Waals surface area contributed by atoms with Crippen molar-refractivity contribution in [2.24, 2.45) is 0 Å². The maximum Gasteiger partial charge on any atom is 0.281 e. The second-order valence-electron chi connectivity index (χ2n) is 6.71. The molecule has 0 saturated heterocycles. The molecule has 0 unspecified atom stereocenters. The van der Waals surface area contributed by atoms with Gasteiger partial charge in [0.1, 0.15) is 5.69 Å². The Hall–Kier alpha value is -3.71. The van der Waals surface area contributed by atoms with E-state index in [2.05, 4.69) is 19.9 Å². The van der Waals surface area contributed by atoms with Crippen molar-refractivity contribution in [2.45, 2.75) is 12.8 Å². The van der Waals surface area contributed by atoms with E-state index in [4.69, 9.17) is 4.74 Å². The summed E-state index contributed by atoms with van der Waals surface area (Å²) in [6.45, 7) is 0.636. The molecule has 3 heterocycles. The Bertz CT molecular complexity index is 1160. The van der Waals surface area contributed by atoms with Gasteiger partial charge >= 0.3 is 0 Å². The summed E-state index contributed by atoms with van der Waals surface area (Å²) in [7, 11) is 1.68. The number of nitrogens with zero attached hydrogens (tertiary/aromatic N) is 5. The molecule has 0 aliphatic heterocycles. The highest BCUT2D eigenvalue weighted by Crippen LogP contribution is 2.18. The lowest BCUT2D eigenvalue weighted by Crippen LogP contribution is -2.22. The van der Waals surface area contributed by atoms with Crippen LogP contribution in [-0.4, -0.2) is 38.2 Å². The monoisotopic (exact) mass is 399 g/mol. The number of methoxy groups -OCH3 is 1. The van der Waals surface area contributed by atoms with Crippen LogP contribution in [0.3, 0.4) is 0 Å². The molecule has 0 saturated carbocycles. The number of pyridine rings is 1. The number of ether oxygens (including phenoxy) is 1. The fourth-order valence-corrected chi connectivity index (χ4v) is 3.17. The van der Waals surface area contributed by atoms with Crippen molar-refractivity contribution in [3.05, 3.63) is 89.5 Å². The summed E-state index contributed by atoms with van der Waals surface area (Å²) in [5.74, 6) is 0.642. The van der Waals surface area contributed by atoms with Gasteiger partial charge in [-0.2, -0.15) is 0 Å². The van der Waals surface area contributed by atoms with Crippen LogP contribution < -0.4 is 5.56 Å². The molecule has 150 valence electrons. The second-order valence-corrected chi connectivity index (χ2v) is 6.71. The Morgan fingerprint density at radius 3 is 2.37 bits per heavy atom. The van der Waals surface area contributed by atoms with E-state index >= 15 is 0 Å². The van der Waals surface area contributed by atoms with Crippen molar-refractivity contribution in [1.82, 2.24) is 24.5 Å². The van der Waals surface area contributed by atoms with Gasteiger partial charge in [-0.1, -0.05) is 0 Å². The largest absolute Gasteiger partial charge is 0.385 e. The molecule has 4 rings (SSSR count). The topological polar surface area (TPSA) is 82.8 Å². The van der Waals surface area contributed by atoms with Crippen molar-refractivity contribution in [2.75, 3.05) is 13.7 Å². The number of benzene rings is 1. The molecule has 0 fully saturated rings. The molecule has 0 amide bonds. The molecule has 7 heteroatoms. The van der Waals surface area contributed by atoms with E-state index in [1.165, 1.54) is 0 Å². The van der Waals surface area contributed by atoms with Crippen LogP contribution in [0.2, 0.25) is 0 Å². The summed E-state index contributed by atoms with van der Waals surface area (Å²) in [6.07, 6.45) is 10.1. The average molecular weight is 399 g/mol. The third-order valence-corrected chi connectivity index (χ3v) is 4.66. The summed E-state index contributed by atoms with van der Waals surface area (Å²) in [5, 5.41) is 0. The predicted molar refractivity (Wildman–Crippen MR) is 114 cm³/mol. The minimum absolute atomic E-state index is 0.180. The Kier molecular flexibility index (Phi) is 6.01. The zero-order valence-electron chi connectivity index (χ0n) is 16.6. The van der Waals surface area contributed by atoms with E-state index in [0.717, 1.165) is 28.9 Å². The fraction of sp³-hybridized carbons (Fsp3) is 0.174. The average Bonchev–Trinajstić information content (AvgIpc) is 2.81. The summed E-state index contributed by atoms with van der Waals surface area (Å²) in [5.41, 5.74) is 3.44. The molecule has 30 heavy (non-hydrogen) atoms. The molecule has 3 aromatic heterocycles. The van der Waals surface area contributed by atoms with Crippen LogP contribution in [0.15, 0.2) is 78.2 Å². The van der Waals surface area contributed by atoms with Crippen molar-refractivity contribution in [3.63, 3.8) is 0 Å². The lowest BCUT2D eigenvalue weighted by molar-refractivity contribution is 0.195. The van der Waals surface area contributed by atoms with E-state index in [9.17, 15) is 4.79 Å². The van der Waals surface area contributed by atoms with Gasteiger partial charge in [0.05, 0.1) is 5.69 Å². The number of aromatic nitrogens is 5. The fourth-order valence-electron chi connectivity index (χ4n) is 3.17. The van der Waals surface area contributed by atoms with E-state index in [-0.39, 0.29) is 5.56 Å². The van der Waals surface area contributed by atoms with Gasteiger partial charge in [0.2, 0.25) is 0 Å². The van der Waals surface area contributed by atoms with E-state index in [0.29, 0.717) is 24.5 Å². The first-order valence-electron chi connectivity index (χ1n) is 9.66. The van der Waals surface area contributed by atoms with Crippen LogP contribution in [-0.2, 0) is 11.2 Å². The second kappa shape index (κ2) is 9.19. The molecule has 0 aliphatic carbocycles. The quantitative estimate of drug-likeness (QED) is 0.443. The normalized spacial score (nSPS) is 10.8. The van der Waals surface area contributed by atoms with Gasteiger partial charge < -0.3 is 4.74 Å². The first-order valence-corrected chi connectivity index (χ1v) is 9.66. The SMILES string of the molecule is COCCCc1cn(-c2ccc(-c3ncccn3)cc2)c(=O)c(-c2ccncc2)n1. The van der Waals surface area contributed by atoms with E-state index in [1.54, 1.807) is 60.9 Å². The minimum atomic E-state index is -0.180. The Morgan fingerprint density at radius 2 is 1.67 bits per heavy atom. The number of aryl methyl sites for hydroxylation is 1. The standard InChI is InChI=1S/C23H21N5O2/c1-30-15-2-4-19-16-28(23(29)21(27-19)17-9-13-24-14-10-17)20-7-5-18(6-8-20)22-25-11-3-12-26-22/h3,5-14,16H,2,4,15H2,1H3. The first kappa shape index (κ1) is 19.6. The zero-order chi connectivity index (χ0) is 20.8. The third-order valence-electron chi connectivity index (χ3n) is 4.66. The van der Waals surface area contributed by atoms with Crippen LogP contribution in [0.1, 0.15) is 12.1 Å². The number of rotatable bonds is 7. The van der Waals surface area contributed by atoms with Crippen molar-refractivity contribution < 1.29 is 4.74 Å². The highest BCUT2D eigenvalue weighted by Gasteiger charge is 2.13. The Balaban J connectivity index is 1.76. The molecule has 0 atom stereocenters. The zero-order valence-corrected chi connectivity index (χ0v) is 16.6. The molecule has 1 aromatic carbocycles. The van der Waals surface area contributed by atoms with Crippen LogP contribution in [0.5, 0.6) is 0 Å². The predicted octanol–water partition coefficient (Wildman–Crippen LogP) is 3.33. The van der Waals surface area contributed by atoms with Gasteiger partial charge in [-0.25, -0.2) is 15.0 Å². The first-order chi connectivity index (χ1) is 14.8. The maximum absolute atomic E-state index is 13.2. The van der Waals surface area contributed by atoms with E-state index < -0.39 is 0 Å². The molecule has 4 aromatic rings. The molecule has 0 bridgehead atoms. The van der Waals surface area contributed by atoms with Crippen LogP contribution >= 0.6 is 0 Å². The lowest BCUT2D eigenvalue weighted by atomic mass is 10.1. The minimum Gasteiger partial charge on any atom is -0.385 e. The molecule has 0 N–H and O–H groups in total. The highest BCUT2D eigenvalue weighted by atomic mass is 16.5. The number of hydrogen-bond donors (Lipinski definition) is 0. The highest BCUT2D eigenvalue weighted by molar-refractivity contribution is 5.59. The molecular formula is C23H21N5O2. The lowest BCUT2D eigenvalue weighted by Gasteiger charge is -2.12. The number of hydrogen-bond acceptors (Lipinski definition) is 6. The molecule has 7 nitrogen and oxygen atoms in total.